The van der Waals surface area contributed by atoms with E-state index in [1.807, 2.05) is 0 Å². The van der Waals surface area contributed by atoms with Crippen molar-refractivity contribution in [3.05, 3.63) is 33.4 Å². The lowest BCUT2D eigenvalue weighted by Gasteiger charge is -2.46. The van der Waals surface area contributed by atoms with E-state index < -0.39 is 23.1 Å². The molecule has 0 aromatic carbocycles. The summed E-state index contributed by atoms with van der Waals surface area (Å²) in [4.78, 5) is 39.7. The van der Waals surface area contributed by atoms with Gasteiger partial charge in [-0.3, -0.25) is 9.59 Å². The number of amides is 2. The quantitative estimate of drug-likeness (QED) is 0.814. The third-order valence-corrected chi connectivity index (χ3v) is 5.99. The van der Waals surface area contributed by atoms with Gasteiger partial charge in [0.05, 0.1) is 11.5 Å². The lowest BCUT2D eigenvalue weighted by atomic mass is 9.71. The molecule has 0 unspecified atom stereocenters. The first-order chi connectivity index (χ1) is 13.2. The number of hydrogen-bond donors (Lipinski definition) is 2. The number of carbonyl (C=O) groups is 2. The highest BCUT2D eigenvalue weighted by Gasteiger charge is 2.50. The highest BCUT2D eigenvalue weighted by molar-refractivity contribution is 5.96. The van der Waals surface area contributed by atoms with Gasteiger partial charge in [-0.15, -0.1) is 0 Å². The van der Waals surface area contributed by atoms with E-state index in [4.69, 9.17) is 4.42 Å². The SMILES string of the molecule is Cc1cc(CCC(C)C)oc(=O)c1C(=O)N1CC[C@H](O)[C@@]2(CCCNC2=O)C1. The molecule has 2 amide bonds. The van der Waals surface area contributed by atoms with Crippen molar-refractivity contribution in [2.24, 2.45) is 11.3 Å². The zero-order chi connectivity index (χ0) is 20.5. The molecule has 0 bridgehead atoms. The third kappa shape index (κ3) is 3.85. The van der Waals surface area contributed by atoms with Crippen LogP contribution in [0.25, 0.3) is 0 Å². The molecule has 2 fully saturated rings. The van der Waals surface area contributed by atoms with Crippen molar-refractivity contribution in [1.29, 1.82) is 0 Å². The average molecular weight is 390 g/mol. The number of carbonyl (C=O) groups excluding carboxylic acids is 2. The summed E-state index contributed by atoms with van der Waals surface area (Å²) in [7, 11) is 0. The molecule has 2 atom stereocenters. The van der Waals surface area contributed by atoms with Crippen LogP contribution in [-0.4, -0.2) is 47.6 Å². The normalized spacial score (nSPS) is 25.2. The number of hydrogen-bond acceptors (Lipinski definition) is 5. The first-order valence-corrected chi connectivity index (χ1v) is 10.1. The Kier molecular flexibility index (Phi) is 5.93. The molecule has 3 rings (SSSR count). The van der Waals surface area contributed by atoms with Gasteiger partial charge in [0.1, 0.15) is 11.3 Å². The van der Waals surface area contributed by atoms with Crippen LogP contribution in [0.15, 0.2) is 15.3 Å². The second kappa shape index (κ2) is 8.07. The summed E-state index contributed by atoms with van der Waals surface area (Å²) in [5.74, 6) is 0.442. The predicted octanol–water partition coefficient (Wildman–Crippen LogP) is 1.64. The number of rotatable bonds is 4. The van der Waals surface area contributed by atoms with Gasteiger partial charge in [-0.05, 0) is 50.2 Å². The monoisotopic (exact) mass is 390 g/mol. The van der Waals surface area contributed by atoms with Crippen molar-refractivity contribution in [1.82, 2.24) is 10.2 Å². The second-order valence-corrected chi connectivity index (χ2v) is 8.54. The number of nitrogens with one attached hydrogen (secondary N) is 1. The van der Waals surface area contributed by atoms with E-state index in [0.29, 0.717) is 49.6 Å². The summed E-state index contributed by atoms with van der Waals surface area (Å²) >= 11 is 0. The van der Waals surface area contributed by atoms with Gasteiger partial charge in [-0.1, -0.05) is 13.8 Å². The van der Waals surface area contributed by atoms with Crippen LogP contribution in [0.5, 0.6) is 0 Å². The van der Waals surface area contributed by atoms with Gasteiger partial charge in [0.2, 0.25) is 5.91 Å². The van der Waals surface area contributed by atoms with Gasteiger partial charge in [0.15, 0.2) is 0 Å². The molecule has 2 saturated heterocycles. The molecule has 1 aromatic heterocycles. The van der Waals surface area contributed by atoms with Crippen LogP contribution in [-0.2, 0) is 11.2 Å². The maximum Gasteiger partial charge on any atom is 0.349 e. The fourth-order valence-corrected chi connectivity index (χ4v) is 4.26. The molecule has 2 N–H and O–H groups in total. The van der Waals surface area contributed by atoms with Crippen LogP contribution in [0, 0.1) is 18.3 Å². The number of likely N-dealkylation sites (tertiary alicyclic amines) is 1. The molecule has 3 heterocycles. The summed E-state index contributed by atoms with van der Waals surface area (Å²) in [5.41, 5.74) is -1.00. The predicted molar refractivity (Wildman–Crippen MR) is 104 cm³/mol. The number of aryl methyl sites for hydroxylation is 2. The van der Waals surface area contributed by atoms with E-state index in [-0.39, 0.29) is 18.0 Å². The minimum atomic E-state index is -0.989. The molecular formula is C21H30N2O5. The molecule has 0 aliphatic carbocycles. The molecule has 0 radical (unpaired) electrons. The highest BCUT2D eigenvalue weighted by atomic mass is 16.4. The summed E-state index contributed by atoms with van der Waals surface area (Å²) in [6, 6.07) is 1.76. The molecule has 7 nitrogen and oxygen atoms in total. The summed E-state index contributed by atoms with van der Waals surface area (Å²) < 4.78 is 5.40. The van der Waals surface area contributed by atoms with Gasteiger partial charge >= 0.3 is 5.63 Å². The van der Waals surface area contributed by atoms with E-state index in [1.54, 1.807) is 13.0 Å². The maximum atomic E-state index is 13.1. The molecule has 2 aliphatic heterocycles. The molecule has 1 spiro atoms. The van der Waals surface area contributed by atoms with Crippen molar-refractivity contribution in [2.45, 2.75) is 59.0 Å². The molecule has 154 valence electrons. The van der Waals surface area contributed by atoms with Crippen molar-refractivity contribution in [3.63, 3.8) is 0 Å². The van der Waals surface area contributed by atoms with Gasteiger partial charge in [0, 0.05) is 26.1 Å². The third-order valence-electron chi connectivity index (χ3n) is 5.99. The molecule has 7 heteroatoms. The van der Waals surface area contributed by atoms with Gasteiger partial charge in [-0.25, -0.2) is 4.79 Å². The number of aliphatic hydroxyl groups excluding tert-OH is 1. The Morgan fingerprint density at radius 1 is 1.43 bits per heavy atom. The minimum absolute atomic E-state index is 0.0241. The van der Waals surface area contributed by atoms with E-state index in [0.717, 1.165) is 12.8 Å². The average Bonchev–Trinajstić information content (AvgIpc) is 2.64. The van der Waals surface area contributed by atoms with E-state index in [1.165, 1.54) is 4.90 Å². The minimum Gasteiger partial charge on any atom is -0.427 e. The van der Waals surface area contributed by atoms with Crippen LogP contribution >= 0.6 is 0 Å². The van der Waals surface area contributed by atoms with Crippen LogP contribution in [0.1, 0.15) is 61.2 Å². The summed E-state index contributed by atoms with van der Waals surface area (Å²) in [5, 5.41) is 13.3. The lowest BCUT2D eigenvalue weighted by molar-refractivity contribution is -0.147. The van der Waals surface area contributed by atoms with Crippen LogP contribution in [0.4, 0.5) is 0 Å². The van der Waals surface area contributed by atoms with E-state index >= 15 is 0 Å². The van der Waals surface area contributed by atoms with Gasteiger partial charge < -0.3 is 19.7 Å². The van der Waals surface area contributed by atoms with Crippen LogP contribution < -0.4 is 10.9 Å². The Labute approximate surface area is 165 Å². The smallest absolute Gasteiger partial charge is 0.349 e. The lowest BCUT2D eigenvalue weighted by Crippen LogP contribution is -2.62. The number of aliphatic hydroxyl groups is 1. The Morgan fingerprint density at radius 2 is 2.18 bits per heavy atom. The van der Waals surface area contributed by atoms with Crippen LogP contribution in [0.3, 0.4) is 0 Å². The van der Waals surface area contributed by atoms with Crippen molar-refractivity contribution < 1.29 is 19.1 Å². The van der Waals surface area contributed by atoms with Gasteiger partial charge in [0.25, 0.3) is 5.91 Å². The first kappa shape index (κ1) is 20.6. The molecule has 1 aromatic rings. The topological polar surface area (TPSA) is 99.8 Å². The van der Waals surface area contributed by atoms with Crippen LogP contribution in [0.2, 0.25) is 0 Å². The van der Waals surface area contributed by atoms with E-state index in [2.05, 4.69) is 19.2 Å². The van der Waals surface area contributed by atoms with Crippen molar-refractivity contribution in [2.75, 3.05) is 19.6 Å². The molecule has 0 saturated carbocycles. The van der Waals surface area contributed by atoms with E-state index in [9.17, 15) is 19.5 Å². The zero-order valence-corrected chi connectivity index (χ0v) is 16.9. The van der Waals surface area contributed by atoms with Crippen molar-refractivity contribution in [3.8, 4) is 0 Å². The highest BCUT2D eigenvalue weighted by Crippen LogP contribution is 2.37. The Balaban J connectivity index is 1.84. The summed E-state index contributed by atoms with van der Waals surface area (Å²) in [6.07, 6.45) is 2.38. The Hall–Kier alpha value is -2.15. The van der Waals surface area contributed by atoms with Crippen molar-refractivity contribution >= 4 is 11.8 Å². The zero-order valence-electron chi connectivity index (χ0n) is 16.9. The number of piperidine rings is 2. The number of nitrogens with zero attached hydrogens (tertiary/aromatic N) is 1. The van der Waals surface area contributed by atoms with Gasteiger partial charge in [-0.2, -0.15) is 0 Å². The Morgan fingerprint density at radius 3 is 2.82 bits per heavy atom. The fraction of sp³-hybridized carbons (Fsp3) is 0.667. The largest absolute Gasteiger partial charge is 0.427 e. The molecule has 2 aliphatic rings. The standard InChI is InChI=1S/C21H30N2O5/c1-13(2)5-6-15-11-14(3)17(19(26)28-15)18(25)23-10-7-16(24)21(12-23)8-4-9-22-20(21)27/h11,13,16,24H,4-10,12H2,1-3H3,(H,22,27)/t16-,21+/m0/s1. The summed E-state index contributed by atoms with van der Waals surface area (Å²) in [6.45, 7) is 6.96. The Bertz CT molecular complexity index is 816. The maximum absolute atomic E-state index is 13.1. The molecule has 28 heavy (non-hydrogen) atoms. The molecular weight excluding hydrogens is 360 g/mol. The first-order valence-electron chi connectivity index (χ1n) is 10.1. The second-order valence-electron chi connectivity index (χ2n) is 8.54. The fourth-order valence-electron chi connectivity index (χ4n) is 4.26.